The molecule has 6 nitrogen and oxygen atoms in total. The van der Waals surface area contributed by atoms with Gasteiger partial charge in [-0.3, -0.25) is 0 Å². The van der Waals surface area contributed by atoms with Gasteiger partial charge in [-0.2, -0.15) is 0 Å². The first-order chi connectivity index (χ1) is 10.8. The fourth-order valence-corrected chi connectivity index (χ4v) is 3.45. The highest BCUT2D eigenvalue weighted by Gasteiger charge is 2.19. The van der Waals surface area contributed by atoms with Gasteiger partial charge >= 0.3 is 0 Å². The van der Waals surface area contributed by atoms with Gasteiger partial charge in [-0.1, -0.05) is 17.3 Å². The molecule has 0 aliphatic rings. The van der Waals surface area contributed by atoms with E-state index >= 15 is 0 Å². The second-order valence-electron chi connectivity index (χ2n) is 5.62. The Hall–Kier alpha value is -1.70. The van der Waals surface area contributed by atoms with Gasteiger partial charge in [0.2, 0.25) is 10.0 Å². The normalized spacial score (nSPS) is 14.7. The van der Waals surface area contributed by atoms with Crippen LogP contribution in [0.1, 0.15) is 48.5 Å². The summed E-state index contributed by atoms with van der Waals surface area (Å²) in [6.45, 7) is 7.92. The molecule has 0 aliphatic carbocycles. The summed E-state index contributed by atoms with van der Waals surface area (Å²) in [5.41, 5.74) is 2.95. The Morgan fingerprint density at radius 1 is 1.09 bits per heavy atom. The van der Waals surface area contributed by atoms with Crippen molar-refractivity contribution < 1.29 is 12.9 Å². The molecule has 2 atom stereocenters. The van der Waals surface area contributed by atoms with Gasteiger partial charge in [-0.15, -0.1) is 0 Å². The molecule has 1 aromatic heterocycles. The number of nitrogens with zero attached hydrogens (tertiary/aromatic N) is 1. The van der Waals surface area contributed by atoms with Crippen LogP contribution in [0.15, 0.2) is 33.7 Å². The number of aromatic nitrogens is 1. The molecule has 0 aliphatic heterocycles. The summed E-state index contributed by atoms with van der Waals surface area (Å²) in [7, 11) is -2.00. The van der Waals surface area contributed by atoms with Crippen molar-refractivity contribution in [3.05, 3.63) is 46.8 Å². The lowest BCUT2D eigenvalue weighted by Gasteiger charge is -2.20. The van der Waals surface area contributed by atoms with Gasteiger partial charge in [0, 0.05) is 17.6 Å². The number of hydrogen-bond acceptors (Lipinski definition) is 5. The van der Waals surface area contributed by atoms with Crippen LogP contribution >= 0.6 is 0 Å². The molecule has 0 saturated carbocycles. The van der Waals surface area contributed by atoms with Crippen LogP contribution in [0.5, 0.6) is 0 Å². The van der Waals surface area contributed by atoms with Crippen LogP contribution in [0.25, 0.3) is 0 Å². The molecule has 0 fully saturated rings. The number of rotatable bonds is 6. The van der Waals surface area contributed by atoms with E-state index in [1.54, 1.807) is 12.1 Å². The number of hydrogen-bond donors (Lipinski definition) is 2. The van der Waals surface area contributed by atoms with Crippen LogP contribution < -0.4 is 10.0 Å². The average molecular weight is 337 g/mol. The van der Waals surface area contributed by atoms with E-state index in [0.717, 1.165) is 22.6 Å². The van der Waals surface area contributed by atoms with E-state index in [1.165, 1.54) is 7.05 Å². The van der Waals surface area contributed by atoms with Gasteiger partial charge in [-0.25, -0.2) is 13.1 Å². The summed E-state index contributed by atoms with van der Waals surface area (Å²) < 4.78 is 31.0. The van der Waals surface area contributed by atoms with Crippen LogP contribution in [-0.2, 0) is 10.0 Å². The minimum Gasteiger partial charge on any atom is -0.361 e. The molecular formula is C16H23N3O3S. The molecule has 2 aromatic rings. The van der Waals surface area contributed by atoms with Crippen molar-refractivity contribution in [2.45, 2.75) is 44.7 Å². The number of benzene rings is 1. The Morgan fingerprint density at radius 2 is 1.70 bits per heavy atom. The third-order valence-corrected chi connectivity index (χ3v) is 5.41. The zero-order chi connectivity index (χ0) is 17.2. The average Bonchev–Trinajstić information content (AvgIpc) is 2.86. The van der Waals surface area contributed by atoms with Crippen molar-refractivity contribution in [2.75, 3.05) is 7.05 Å². The molecule has 7 heteroatoms. The van der Waals surface area contributed by atoms with Crippen LogP contribution in [0, 0.1) is 13.8 Å². The predicted octanol–water partition coefficient (Wildman–Crippen LogP) is 2.61. The molecule has 1 aromatic carbocycles. The third-order valence-electron chi connectivity index (χ3n) is 3.98. The number of sulfonamides is 1. The minimum atomic E-state index is -3.40. The van der Waals surface area contributed by atoms with Crippen LogP contribution in [0.2, 0.25) is 0 Å². The van der Waals surface area contributed by atoms with E-state index in [9.17, 15) is 8.42 Å². The lowest BCUT2D eigenvalue weighted by atomic mass is 10.0. The zero-order valence-corrected chi connectivity index (χ0v) is 14.9. The standard InChI is InChI=1S/C16H23N3O3S/c1-10(18-11(2)16-12(3)19-22-13(16)4)14-6-8-15(9-7-14)23(20,21)17-5/h6-11,17-18H,1-5H3/t10-,11-/m1/s1. The van der Waals surface area contributed by atoms with Crippen molar-refractivity contribution in [1.82, 2.24) is 15.2 Å². The second-order valence-corrected chi connectivity index (χ2v) is 7.51. The first kappa shape index (κ1) is 17.7. The molecular weight excluding hydrogens is 314 g/mol. The maximum Gasteiger partial charge on any atom is 0.240 e. The lowest BCUT2D eigenvalue weighted by molar-refractivity contribution is 0.389. The van der Waals surface area contributed by atoms with E-state index in [2.05, 4.69) is 22.1 Å². The Kier molecular flexibility index (Phi) is 5.23. The van der Waals surface area contributed by atoms with Crippen molar-refractivity contribution in [3.8, 4) is 0 Å². The van der Waals surface area contributed by atoms with E-state index in [-0.39, 0.29) is 17.0 Å². The van der Waals surface area contributed by atoms with E-state index in [1.807, 2.05) is 32.9 Å². The molecule has 126 valence electrons. The van der Waals surface area contributed by atoms with Gasteiger partial charge in [0.15, 0.2) is 0 Å². The first-order valence-corrected chi connectivity index (χ1v) is 8.97. The van der Waals surface area contributed by atoms with E-state index < -0.39 is 10.0 Å². The number of aryl methyl sites for hydroxylation is 2. The van der Waals surface area contributed by atoms with Gasteiger partial charge in [-0.05, 0) is 52.4 Å². The highest BCUT2D eigenvalue weighted by molar-refractivity contribution is 7.89. The largest absolute Gasteiger partial charge is 0.361 e. The molecule has 0 spiro atoms. The van der Waals surface area contributed by atoms with Crippen LogP contribution in [0.4, 0.5) is 0 Å². The van der Waals surface area contributed by atoms with Crippen molar-refractivity contribution in [3.63, 3.8) is 0 Å². The monoisotopic (exact) mass is 337 g/mol. The molecule has 0 saturated heterocycles. The quantitative estimate of drug-likeness (QED) is 0.846. The first-order valence-electron chi connectivity index (χ1n) is 7.48. The third kappa shape index (κ3) is 3.80. The highest BCUT2D eigenvalue weighted by atomic mass is 32.2. The van der Waals surface area contributed by atoms with Crippen molar-refractivity contribution in [2.24, 2.45) is 0 Å². The Morgan fingerprint density at radius 3 is 2.17 bits per heavy atom. The van der Waals surface area contributed by atoms with E-state index in [4.69, 9.17) is 4.52 Å². The smallest absolute Gasteiger partial charge is 0.240 e. The van der Waals surface area contributed by atoms with Gasteiger partial charge in [0.05, 0.1) is 10.6 Å². The van der Waals surface area contributed by atoms with Crippen LogP contribution in [0.3, 0.4) is 0 Å². The maximum absolute atomic E-state index is 11.7. The lowest BCUT2D eigenvalue weighted by Crippen LogP contribution is -2.23. The molecule has 0 unspecified atom stereocenters. The zero-order valence-electron chi connectivity index (χ0n) is 14.0. The molecule has 1 heterocycles. The molecule has 2 N–H and O–H groups in total. The Labute approximate surface area is 137 Å². The fourth-order valence-electron chi connectivity index (χ4n) is 2.72. The van der Waals surface area contributed by atoms with Gasteiger partial charge in [0.25, 0.3) is 0 Å². The summed E-state index contributed by atoms with van der Waals surface area (Å²) in [6.07, 6.45) is 0. The minimum absolute atomic E-state index is 0.0602. The Bertz CT molecular complexity index is 747. The summed E-state index contributed by atoms with van der Waals surface area (Å²) in [4.78, 5) is 0.259. The SMILES string of the molecule is CNS(=O)(=O)c1ccc([C@@H](C)N[C@H](C)c2c(C)noc2C)cc1. The summed E-state index contributed by atoms with van der Waals surface area (Å²) >= 11 is 0. The predicted molar refractivity (Wildman–Crippen MR) is 88.6 cm³/mol. The highest BCUT2D eigenvalue weighted by Crippen LogP contribution is 2.25. The molecule has 2 rings (SSSR count). The topological polar surface area (TPSA) is 84.2 Å². The van der Waals surface area contributed by atoms with Gasteiger partial charge in [0.1, 0.15) is 5.76 Å². The maximum atomic E-state index is 11.7. The fraction of sp³-hybridized carbons (Fsp3) is 0.438. The molecule has 0 amide bonds. The summed E-state index contributed by atoms with van der Waals surface area (Å²) in [5, 5.41) is 7.46. The molecule has 0 radical (unpaired) electrons. The van der Waals surface area contributed by atoms with E-state index in [0.29, 0.717) is 0 Å². The van der Waals surface area contributed by atoms with Crippen LogP contribution in [-0.4, -0.2) is 20.6 Å². The summed E-state index contributed by atoms with van der Waals surface area (Å²) in [5.74, 6) is 0.810. The molecule has 0 bridgehead atoms. The molecule has 23 heavy (non-hydrogen) atoms. The Balaban J connectivity index is 2.14. The van der Waals surface area contributed by atoms with Crippen molar-refractivity contribution >= 4 is 10.0 Å². The second kappa shape index (κ2) is 6.82. The van der Waals surface area contributed by atoms with Crippen molar-refractivity contribution in [1.29, 1.82) is 0 Å². The summed E-state index contributed by atoms with van der Waals surface area (Å²) in [6, 6.07) is 7.01. The number of nitrogens with one attached hydrogen (secondary N) is 2. The van der Waals surface area contributed by atoms with Gasteiger partial charge < -0.3 is 9.84 Å².